The highest BCUT2D eigenvalue weighted by atomic mass is 19.2. The molecule has 12 heavy (non-hydrogen) atoms. The fourth-order valence-corrected chi connectivity index (χ4v) is 1.42. The number of nitrogens with zero attached hydrogens (tertiary/aromatic N) is 2. The third kappa shape index (κ3) is 1.07. The van der Waals surface area contributed by atoms with Crippen LogP contribution in [0.25, 0.3) is 0 Å². The van der Waals surface area contributed by atoms with E-state index in [1.54, 1.807) is 0 Å². The van der Waals surface area contributed by atoms with Crippen molar-refractivity contribution >= 4 is 0 Å². The number of hydrogen-bond donors (Lipinski definition) is 0. The van der Waals surface area contributed by atoms with Gasteiger partial charge in [-0.2, -0.15) is 0 Å². The minimum atomic E-state index is -1.53. The summed E-state index contributed by atoms with van der Waals surface area (Å²) in [4.78, 5) is 7.55. The summed E-state index contributed by atoms with van der Waals surface area (Å²) < 4.78 is 25.9. The van der Waals surface area contributed by atoms with Gasteiger partial charge in [0, 0.05) is 11.8 Å². The van der Waals surface area contributed by atoms with Gasteiger partial charge in [0.05, 0.1) is 5.69 Å². The Morgan fingerprint density at radius 1 is 1.42 bits per heavy atom. The van der Waals surface area contributed by atoms with Gasteiger partial charge in [0.2, 0.25) is 0 Å². The van der Waals surface area contributed by atoms with E-state index in [4.69, 9.17) is 0 Å². The summed E-state index contributed by atoms with van der Waals surface area (Å²) in [5.74, 6) is 0. The number of hydrogen-bond acceptors (Lipinski definition) is 2. The minimum Gasteiger partial charge on any atom is -0.244 e. The zero-order chi connectivity index (χ0) is 8.55. The molecule has 4 heteroatoms. The van der Waals surface area contributed by atoms with Crippen molar-refractivity contribution in [3.63, 3.8) is 0 Å². The normalized spacial score (nSPS) is 28.2. The maximum absolute atomic E-state index is 13.1. The first-order valence-electron chi connectivity index (χ1n) is 3.86. The van der Waals surface area contributed by atoms with E-state index in [0.717, 1.165) is 0 Å². The highest BCUT2D eigenvalue weighted by molar-refractivity contribution is 5.23. The molecule has 0 spiro atoms. The molecule has 1 heterocycles. The second-order valence-corrected chi connectivity index (χ2v) is 2.88. The molecule has 0 aromatic carbocycles. The van der Waals surface area contributed by atoms with Crippen molar-refractivity contribution in [1.29, 1.82) is 0 Å². The van der Waals surface area contributed by atoms with E-state index in [1.807, 2.05) is 0 Å². The van der Waals surface area contributed by atoms with Crippen molar-refractivity contribution in [3.05, 3.63) is 23.8 Å². The summed E-state index contributed by atoms with van der Waals surface area (Å²) in [5, 5.41) is 0. The van der Waals surface area contributed by atoms with Gasteiger partial charge in [-0.25, -0.2) is 18.7 Å². The summed E-state index contributed by atoms with van der Waals surface area (Å²) >= 11 is 0. The van der Waals surface area contributed by atoms with Crippen LogP contribution in [0.4, 0.5) is 8.78 Å². The van der Waals surface area contributed by atoms with E-state index in [9.17, 15) is 8.78 Å². The number of halogens is 2. The summed E-state index contributed by atoms with van der Waals surface area (Å²) in [6.07, 6.45) is 0.548. The van der Waals surface area contributed by atoms with Crippen LogP contribution in [0.1, 0.15) is 23.8 Å². The topological polar surface area (TPSA) is 25.8 Å². The highest BCUT2D eigenvalue weighted by Crippen LogP contribution is 2.32. The lowest BCUT2D eigenvalue weighted by molar-refractivity contribution is 0.147. The van der Waals surface area contributed by atoms with Crippen molar-refractivity contribution in [3.8, 4) is 0 Å². The number of aromatic nitrogens is 2. The average molecular weight is 170 g/mol. The minimum absolute atomic E-state index is 0.227. The molecule has 1 aromatic rings. The van der Waals surface area contributed by atoms with Gasteiger partial charge in [0.25, 0.3) is 0 Å². The van der Waals surface area contributed by atoms with Gasteiger partial charge in [-0.3, -0.25) is 0 Å². The lowest BCUT2D eigenvalue weighted by Gasteiger charge is -2.20. The number of fused-ring (bicyclic) bond motifs is 1. The van der Waals surface area contributed by atoms with Crippen LogP contribution in [0.2, 0.25) is 0 Å². The fourth-order valence-electron chi connectivity index (χ4n) is 1.42. The molecule has 0 fully saturated rings. The average Bonchev–Trinajstić information content (AvgIpc) is 2.12. The molecule has 0 N–H and O–H groups in total. The van der Waals surface area contributed by atoms with Crippen molar-refractivity contribution in [1.82, 2.24) is 9.97 Å². The van der Waals surface area contributed by atoms with Crippen molar-refractivity contribution < 1.29 is 8.78 Å². The molecule has 0 radical (unpaired) electrons. The van der Waals surface area contributed by atoms with Gasteiger partial charge in [-0.15, -0.1) is 0 Å². The van der Waals surface area contributed by atoms with Gasteiger partial charge >= 0.3 is 0 Å². The molecule has 2 unspecified atom stereocenters. The van der Waals surface area contributed by atoms with Crippen LogP contribution >= 0.6 is 0 Å². The maximum atomic E-state index is 13.1. The summed E-state index contributed by atoms with van der Waals surface area (Å²) in [6.45, 7) is 0. The van der Waals surface area contributed by atoms with E-state index < -0.39 is 12.3 Å². The lowest BCUT2D eigenvalue weighted by Crippen LogP contribution is -2.19. The molecule has 2 atom stereocenters. The first kappa shape index (κ1) is 7.58. The molecule has 0 bridgehead atoms. The first-order valence-corrected chi connectivity index (χ1v) is 3.86. The smallest absolute Gasteiger partial charge is 0.159 e. The fraction of sp³-hybridized carbons (Fsp3) is 0.500. The molecule has 2 nitrogen and oxygen atoms in total. The van der Waals surface area contributed by atoms with Gasteiger partial charge in [-0.05, 0) is 12.8 Å². The van der Waals surface area contributed by atoms with E-state index >= 15 is 0 Å². The predicted octanol–water partition coefficient (Wildman–Crippen LogP) is 1.77. The Kier molecular flexibility index (Phi) is 1.75. The second kappa shape index (κ2) is 2.77. The van der Waals surface area contributed by atoms with Gasteiger partial charge in [0.1, 0.15) is 12.5 Å². The van der Waals surface area contributed by atoms with E-state index in [0.29, 0.717) is 17.7 Å². The van der Waals surface area contributed by atoms with Crippen LogP contribution in [0.5, 0.6) is 0 Å². The zero-order valence-electron chi connectivity index (χ0n) is 6.37. The molecule has 64 valence electrons. The third-order valence-electron chi connectivity index (χ3n) is 2.10. The Morgan fingerprint density at radius 3 is 3.08 bits per heavy atom. The first-order chi connectivity index (χ1) is 5.79. The van der Waals surface area contributed by atoms with Crippen LogP contribution in [-0.2, 0) is 6.42 Å². The molecule has 0 amide bonds. The molecule has 1 aromatic heterocycles. The Balaban J connectivity index is 2.42. The largest absolute Gasteiger partial charge is 0.244 e. The van der Waals surface area contributed by atoms with E-state index in [1.165, 1.54) is 12.5 Å². The van der Waals surface area contributed by atoms with Crippen LogP contribution in [0, 0.1) is 0 Å². The molecule has 1 aliphatic carbocycles. The van der Waals surface area contributed by atoms with Gasteiger partial charge in [0.15, 0.2) is 6.17 Å². The molecular formula is C8H8F2N2. The third-order valence-corrected chi connectivity index (χ3v) is 2.10. The number of rotatable bonds is 0. The van der Waals surface area contributed by atoms with Gasteiger partial charge in [-0.1, -0.05) is 0 Å². The SMILES string of the molecule is FC1CCc2ncncc2C1F. The molecule has 1 aliphatic rings. The maximum Gasteiger partial charge on any atom is 0.159 e. The summed E-state index contributed by atoms with van der Waals surface area (Å²) in [6, 6.07) is 0. The zero-order valence-corrected chi connectivity index (χ0v) is 6.37. The Bertz CT molecular complexity index is 290. The lowest BCUT2D eigenvalue weighted by atomic mass is 9.94. The van der Waals surface area contributed by atoms with Crippen molar-refractivity contribution in [2.24, 2.45) is 0 Å². The quantitative estimate of drug-likeness (QED) is 0.593. The molecule has 0 aliphatic heterocycles. The number of aryl methyl sites for hydroxylation is 1. The second-order valence-electron chi connectivity index (χ2n) is 2.88. The highest BCUT2D eigenvalue weighted by Gasteiger charge is 2.30. The monoisotopic (exact) mass is 170 g/mol. The van der Waals surface area contributed by atoms with Crippen molar-refractivity contribution in [2.45, 2.75) is 25.2 Å². The Hall–Kier alpha value is -1.06. The number of alkyl halides is 2. The summed E-state index contributed by atoms with van der Waals surface area (Å²) in [5.41, 5.74) is 0.961. The Labute approximate surface area is 68.7 Å². The van der Waals surface area contributed by atoms with Crippen LogP contribution in [0.15, 0.2) is 12.5 Å². The van der Waals surface area contributed by atoms with Gasteiger partial charge < -0.3 is 0 Å². The molecule has 0 saturated heterocycles. The predicted molar refractivity (Wildman–Crippen MR) is 39.1 cm³/mol. The van der Waals surface area contributed by atoms with E-state index in [2.05, 4.69) is 9.97 Å². The molecule has 0 saturated carbocycles. The standard InChI is InChI=1S/C8H8F2N2/c9-6-1-2-7-5(8(6)10)3-11-4-12-7/h3-4,6,8H,1-2H2. The molecular weight excluding hydrogens is 162 g/mol. The van der Waals surface area contributed by atoms with Crippen LogP contribution < -0.4 is 0 Å². The van der Waals surface area contributed by atoms with Crippen LogP contribution in [0.3, 0.4) is 0 Å². The van der Waals surface area contributed by atoms with Crippen molar-refractivity contribution in [2.75, 3.05) is 0 Å². The van der Waals surface area contributed by atoms with Crippen LogP contribution in [-0.4, -0.2) is 16.1 Å². The summed E-state index contributed by atoms with van der Waals surface area (Å²) in [7, 11) is 0. The Morgan fingerprint density at radius 2 is 2.25 bits per heavy atom. The molecule has 2 rings (SSSR count). The van der Waals surface area contributed by atoms with E-state index in [-0.39, 0.29) is 6.42 Å².